The smallest absolute Gasteiger partial charge is 0.191 e. The summed E-state index contributed by atoms with van der Waals surface area (Å²) in [4.78, 5) is 4.35. The highest BCUT2D eigenvalue weighted by atomic mass is 32.2. The second-order valence-corrected chi connectivity index (χ2v) is 8.11. The lowest BCUT2D eigenvalue weighted by atomic mass is 10.0. The van der Waals surface area contributed by atoms with Crippen molar-refractivity contribution in [3.63, 3.8) is 0 Å². The Morgan fingerprint density at radius 3 is 2.55 bits per heavy atom. The maximum Gasteiger partial charge on any atom is 0.191 e. The summed E-state index contributed by atoms with van der Waals surface area (Å²) < 4.78 is 5.58. The largest absolute Gasteiger partial charge is 0.385 e. The highest BCUT2D eigenvalue weighted by Gasteiger charge is 2.42. The summed E-state index contributed by atoms with van der Waals surface area (Å²) in [7, 11) is 3.64. The lowest BCUT2D eigenvalue weighted by Crippen LogP contribution is -2.45. The average molecular weight is 299 g/mol. The topological polar surface area (TPSA) is 45.7 Å². The SMILES string of the molecule is CN=C(NCC1(CCOC)CC1)NCC1(C)CCCS1. The quantitative estimate of drug-likeness (QED) is 0.559. The Kier molecular flexibility index (Phi) is 5.61. The van der Waals surface area contributed by atoms with E-state index in [4.69, 9.17) is 4.74 Å². The van der Waals surface area contributed by atoms with E-state index < -0.39 is 0 Å². The van der Waals surface area contributed by atoms with Gasteiger partial charge < -0.3 is 15.4 Å². The van der Waals surface area contributed by atoms with Crippen molar-refractivity contribution in [3.05, 3.63) is 0 Å². The summed E-state index contributed by atoms with van der Waals surface area (Å²) in [5.74, 6) is 2.24. The molecule has 0 bridgehead atoms. The standard InChI is InChI=1S/C15H29N3OS/c1-14(5-4-10-20-14)11-17-13(16-2)18-12-15(6-7-15)8-9-19-3/h4-12H2,1-3H3,(H2,16,17,18). The molecule has 0 aromatic carbocycles. The highest BCUT2D eigenvalue weighted by molar-refractivity contribution is 8.00. The van der Waals surface area contributed by atoms with Gasteiger partial charge in [0.1, 0.15) is 0 Å². The lowest BCUT2D eigenvalue weighted by Gasteiger charge is -2.25. The van der Waals surface area contributed by atoms with Crippen molar-refractivity contribution in [3.8, 4) is 0 Å². The lowest BCUT2D eigenvalue weighted by molar-refractivity contribution is 0.172. The summed E-state index contributed by atoms with van der Waals surface area (Å²) in [6.45, 7) is 5.23. The molecule has 4 nitrogen and oxygen atoms in total. The van der Waals surface area contributed by atoms with Gasteiger partial charge in [-0.2, -0.15) is 11.8 Å². The maximum atomic E-state index is 5.20. The van der Waals surface area contributed by atoms with E-state index in [0.29, 0.717) is 10.2 Å². The molecule has 2 rings (SSSR count). The first-order valence-electron chi connectivity index (χ1n) is 7.69. The zero-order valence-corrected chi connectivity index (χ0v) is 13.9. The third-order valence-electron chi connectivity index (χ3n) is 4.58. The first kappa shape index (κ1) is 16.0. The van der Waals surface area contributed by atoms with E-state index in [9.17, 15) is 0 Å². The second-order valence-electron chi connectivity index (χ2n) is 6.42. The molecule has 1 saturated carbocycles. The molecule has 5 heteroatoms. The number of rotatable bonds is 7. The molecule has 1 heterocycles. The second kappa shape index (κ2) is 7.03. The summed E-state index contributed by atoms with van der Waals surface area (Å²) in [5, 5.41) is 6.99. The number of thioether (sulfide) groups is 1. The van der Waals surface area contributed by atoms with Gasteiger partial charge in [0.05, 0.1) is 0 Å². The molecule has 2 aliphatic rings. The Bertz CT molecular complexity index is 336. The molecule has 1 unspecified atom stereocenters. The number of nitrogens with zero attached hydrogens (tertiary/aromatic N) is 1. The molecule has 116 valence electrons. The van der Waals surface area contributed by atoms with Crippen LogP contribution in [-0.4, -0.2) is 50.3 Å². The normalized spacial score (nSPS) is 28.4. The molecule has 0 aromatic heterocycles. The molecule has 2 fully saturated rings. The van der Waals surface area contributed by atoms with Crippen molar-refractivity contribution in [2.75, 3.05) is 39.6 Å². The predicted octanol–water partition coefficient (Wildman–Crippen LogP) is 2.25. The maximum absolute atomic E-state index is 5.20. The van der Waals surface area contributed by atoms with Gasteiger partial charge in [-0.05, 0) is 50.2 Å². The molecule has 1 aliphatic carbocycles. The number of ether oxygens (including phenoxy) is 1. The summed E-state index contributed by atoms with van der Waals surface area (Å²) in [5.41, 5.74) is 0.458. The van der Waals surface area contributed by atoms with Gasteiger partial charge in [0.15, 0.2) is 5.96 Å². The number of nitrogens with one attached hydrogen (secondary N) is 2. The molecule has 0 spiro atoms. The van der Waals surface area contributed by atoms with Crippen molar-refractivity contribution in [1.29, 1.82) is 0 Å². The van der Waals surface area contributed by atoms with Crippen LogP contribution in [0.25, 0.3) is 0 Å². The van der Waals surface area contributed by atoms with E-state index in [1.807, 2.05) is 7.05 Å². The molecule has 2 N–H and O–H groups in total. The van der Waals surface area contributed by atoms with Gasteiger partial charge in [-0.1, -0.05) is 0 Å². The first-order chi connectivity index (χ1) is 9.61. The molecule has 0 aromatic rings. The predicted molar refractivity (Wildman–Crippen MR) is 87.6 cm³/mol. The van der Waals surface area contributed by atoms with Crippen LogP contribution in [0.3, 0.4) is 0 Å². The fourth-order valence-electron chi connectivity index (χ4n) is 2.75. The zero-order valence-electron chi connectivity index (χ0n) is 13.1. The van der Waals surface area contributed by atoms with Gasteiger partial charge in [-0.15, -0.1) is 0 Å². The fourth-order valence-corrected chi connectivity index (χ4v) is 3.99. The molecule has 0 radical (unpaired) electrons. The Morgan fingerprint density at radius 2 is 2.00 bits per heavy atom. The summed E-state index contributed by atoms with van der Waals surface area (Å²) >= 11 is 2.08. The molecule has 1 aliphatic heterocycles. The minimum Gasteiger partial charge on any atom is -0.385 e. The van der Waals surface area contributed by atoms with Crippen LogP contribution in [0.2, 0.25) is 0 Å². The van der Waals surface area contributed by atoms with E-state index in [0.717, 1.165) is 32.1 Å². The zero-order chi connectivity index (χ0) is 14.5. The van der Waals surface area contributed by atoms with Crippen LogP contribution in [0.1, 0.15) is 39.0 Å². The first-order valence-corrected chi connectivity index (χ1v) is 8.67. The van der Waals surface area contributed by atoms with Crippen molar-refractivity contribution in [1.82, 2.24) is 10.6 Å². The van der Waals surface area contributed by atoms with Gasteiger partial charge in [0.2, 0.25) is 0 Å². The van der Waals surface area contributed by atoms with Gasteiger partial charge in [-0.25, -0.2) is 0 Å². The van der Waals surface area contributed by atoms with Crippen molar-refractivity contribution in [2.45, 2.75) is 43.8 Å². The Hall–Kier alpha value is -0.420. The molecule has 1 atom stereocenters. The Balaban J connectivity index is 1.70. The third-order valence-corrected chi connectivity index (χ3v) is 6.12. The van der Waals surface area contributed by atoms with E-state index >= 15 is 0 Å². The molecule has 0 amide bonds. The number of hydrogen-bond acceptors (Lipinski definition) is 3. The van der Waals surface area contributed by atoms with Crippen molar-refractivity contribution >= 4 is 17.7 Å². The number of hydrogen-bond donors (Lipinski definition) is 2. The van der Waals surface area contributed by atoms with Crippen LogP contribution >= 0.6 is 11.8 Å². The number of guanidine groups is 1. The van der Waals surface area contributed by atoms with Crippen molar-refractivity contribution < 1.29 is 4.74 Å². The highest BCUT2D eigenvalue weighted by Crippen LogP contribution is 2.48. The summed E-state index contributed by atoms with van der Waals surface area (Å²) in [6, 6.07) is 0. The van der Waals surface area contributed by atoms with Crippen molar-refractivity contribution in [2.24, 2.45) is 10.4 Å². The van der Waals surface area contributed by atoms with Crippen LogP contribution in [0, 0.1) is 5.41 Å². The molecular weight excluding hydrogens is 270 g/mol. The van der Waals surface area contributed by atoms with Gasteiger partial charge in [-0.3, -0.25) is 4.99 Å². The van der Waals surface area contributed by atoms with Gasteiger partial charge >= 0.3 is 0 Å². The van der Waals surface area contributed by atoms with E-state index in [-0.39, 0.29) is 0 Å². The summed E-state index contributed by atoms with van der Waals surface area (Å²) in [6.07, 6.45) is 6.43. The number of aliphatic imine (C=N–C) groups is 1. The minimum absolute atomic E-state index is 0.380. The van der Waals surface area contributed by atoms with Crippen LogP contribution in [-0.2, 0) is 4.74 Å². The van der Waals surface area contributed by atoms with E-state index in [1.54, 1.807) is 7.11 Å². The fraction of sp³-hybridized carbons (Fsp3) is 0.933. The van der Waals surface area contributed by atoms with E-state index in [2.05, 4.69) is 34.3 Å². The van der Waals surface area contributed by atoms with Crippen LogP contribution in [0.15, 0.2) is 4.99 Å². The Morgan fingerprint density at radius 1 is 1.25 bits per heavy atom. The van der Waals surface area contributed by atoms with Gasteiger partial charge in [0, 0.05) is 38.6 Å². The number of methoxy groups -OCH3 is 1. The average Bonchev–Trinajstić information content (AvgIpc) is 3.10. The minimum atomic E-state index is 0.380. The molecule has 20 heavy (non-hydrogen) atoms. The van der Waals surface area contributed by atoms with E-state index in [1.165, 1.54) is 31.4 Å². The Labute approximate surface area is 127 Å². The molecule has 1 saturated heterocycles. The monoisotopic (exact) mass is 299 g/mol. The molecular formula is C15H29N3OS. The van der Waals surface area contributed by atoms with Crippen LogP contribution in [0.4, 0.5) is 0 Å². The third kappa shape index (κ3) is 4.55. The van der Waals surface area contributed by atoms with Gasteiger partial charge in [0.25, 0.3) is 0 Å². The van der Waals surface area contributed by atoms with Crippen LogP contribution in [0.5, 0.6) is 0 Å². The van der Waals surface area contributed by atoms with Crippen LogP contribution < -0.4 is 10.6 Å².